The van der Waals surface area contributed by atoms with Crippen LogP contribution in [-0.2, 0) is 11.3 Å². The fraction of sp³-hybridized carbons (Fsp3) is 0.526. The van der Waals surface area contributed by atoms with Gasteiger partial charge in [-0.05, 0) is 36.4 Å². The van der Waals surface area contributed by atoms with Crippen LogP contribution in [0.25, 0.3) is 10.9 Å². The first kappa shape index (κ1) is 17.8. The predicted molar refractivity (Wildman–Crippen MR) is 98.9 cm³/mol. The van der Waals surface area contributed by atoms with Crippen LogP contribution in [0.4, 0.5) is 10.5 Å². The molecule has 6 nitrogen and oxygen atoms in total. The number of urea groups is 1. The molecule has 0 radical (unpaired) electrons. The summed E-state index contributed by atoms with van der Waals surface area (Å²) >= 11 is 0. The van der Waals surface area contributed by atoms with E-state index in [0.717, 1.165) is 55.2 Å². The van der Waals surface area contributed by atoms with Gasteiger partial charge in [0.25, 0.3) is 0 Å². The average molecular weight is 345 g/mol. The number of methoxy groups -OCH3 is 1. The standard InChI is InChI=1S/C19H27N3O3/c1-25-12-11-22-10-7-15-5-6-16(13-17(15)22)21-18(23)20-14-19(24)8-3-2-4-9-19/h5-7,10,13,24H,2-4,8-9,11-12,14H2,1H3,(H2,20,21,23). The number of anilines is 1. The topological polar surface area (TPSA) is 75.5 Å². The van der Waals surface area contributed by atoms with Crippen molar-refractivity contribution in [2.45, 2.75) is 44.2 Å². The summed E-state index contributed by atoms with van der Waals surface area (Å²) in [6.45, 7) is 1.70. The van der Waals surface area contributed by atoms with E-state index in [0.29, 0.717) is 13.2 Å². The molecule has 3 N–H and O–H groups in total. The van der Waals surface area contributed by atoms with Crippen molar-refractivity contribution < 1.29 is 14.6 Å². The lowest BCUT2D eigenvalue weighted by molar-refractivity contribution is 0.00755. The number of aliphatic hydroxyl groups is 1. The zero-order chi connectivity index (χ0) is 17.7. The quantitative estimate of drug-likeness (QED) is 0.753. The molecule has 2 aromatic rings. The molecule has 1 aromatic carbocycles. The SMILES string of the molecule is COCCn1ccc2ccc(NC(=O)NCC3(O)CCCCC3)cc21. The predicted octanol–water partition coefficient (Wildman–Crippen LogP) is 3.10. The third kappa shape index (κ3) is 4.52. The van der Waals surface area contributed by atoms with Gasteiger partial charge in [-0.2, -0.15) is 0 Å². The van der Waals surface area contributed by atoms with Crippen molar-refractivity contribution in [3.63, 3.8) is 0 Å². The van der Waals surface area contributed by atoms with Crippen LogP contribution in [0.5, 0.6) is 0 Å². The van der Waals surface area contributed by atoms with Gasteiger partial charge >= 0.3 is 6.03 Å². The largest absolute Gasteiger partial charge is 0.388 e. The molecule has 0 unspecified atom stereocenters. The second kappa shape index (κ2) is 7.89. The van der Waals surface area contributed by atoms with E-state index in [9.17, 15) is 9.90 Å². The highest BCUT2D eigenvalue weighted by molar-refractivity contribution is 5.92. The summed E-state index contributed by atoms with van der Waals surface area (Å²) in [7, 11) is 1.68. The summed E-state index contributed by atoms with van der Waals surface area (Å²) in [5.41, 5.74) is 1.03. The van der Waals surface area contributed by atoms with Gasteiger partial charge in [0.2, 0.25) is 0 Å². The minimum absolute atomic E-state index is 0.284. The molecule has 1 aliphatic carbocycles. The Morgan fingerprint density at radius 1 is 1.28 bits per heavy atom. The summed E-state index contributed by atoms with van der Waals surface area (Å²) in [5.74, 6) is 0. The van der Waals surface area contributed by atoms with E-state index >= 15 is 0 Å². The third-order valence-electron chi connectivity index (χ3n) is 4.93. The first-order valence-corrected chi connectivity index (χ1v) is 8.95. The Hall–Kier alpha value is -2.05. The molecular formula is C19H27N3O3. The summed E-state index contributed by atoms with van der Waals surface area (Å²) in [4.78, 5) is 12.2. The summed E-state index contributed by atoms with van der Waals surface area (Å²) < 4.78 is 7.24. The van der Waals surface area contributed by atoms with Gasteiger partial charge < -0.3 is 25.0 Å². The number of benzene rings is 1. The van der Waals surface area contributed by atoms with Crippen molar-refractivity contribution in [3.05, 3.63) is 30.5 Å². The monoisotopic (exact) mass is 345 g/mol. The molecule has 0 bridgehead atoms. The van der Waals surface area contributed by atoms with Gasteiger partial charge in [0.15, 0.2) is 0 Å². The zero-order valence-corrected chi connectivity index (χ0v) is 14.8. The van der Waals surface area contributed by atoms with Gasteiger partial charge in [-0.15, -0.1) is 0 Å². The fourth-order valence-corrected chi connectivity index (χ4v) is 3.45. The van der Waals surface area contributed by atoms with E-state index in [-0.39, 0.29) is 6.03 Å². The van der Waals surface area contributed by atoms with E-state index in [1.165, 1.54) is 0 Å². The number of carbonyl (C=O) groups is 1. The number of amides is 2. The molecular weight excluding hydrogens is 318 g/mol. The Bertz CT molecular complexity index is 720. The average Bonchev–Trinajstić information content (AvgIpc) is 3.01. The maximum Gasteiger partial charge on any atom is 0.319 e. The highest BCUT2D eigenvalue weighted by atomic mass is 16.5. The van der Waals surface area contributed by atoms with Crippen LogP contribution in [0.2, 0.25) is 0 Å². The van der Waals surface area contributed by atoms with Crippen LogP contribution < -0.4 is 10.6 Å². The number of nitrogens with zero attached hydrogens (tertiary/aromatic N) is 1. The Balaban J connectivity index is 1.60. The number of carbonyl (C=O) groups excluding carboxylic acids is 1. The number of aromatic nitrogens is 1. The maximum absolute atomic E-state index is 12.2. The third-order valence-corrected chi connectivity index (χ3v) is 4.93. The number of hydrogen-bond donors (Lipinski definition) is 3. The van der Waals surface area contributed by atoms with Crippen LogP contribution in [0.3, 0.4) is 0 Å². The molecule has 1 aromatic heterocycles. The number of rotatable bonds is 6. The molecule has 2 amide bonds. The van der Waals surface area contributed by atoms with E-state index < -0.39 is 5.60 Å². The van der Waals surface area contributed by atoms with Crippen LogP contribution in [0.15, 0.2) is 30.5 Å². The Morgan fingerprint density at radius 3 is 2.84 bits per heavy atom. The molecule has 1 fully saturated rings. The lowest BCUT2D eigenvalue weighted by atomic mass is 9.85. The Kier molecular flexibility index (Phi) is 5.60. The number of nitrogens with one attached hydrogen (secondary N) is 2. The van der Waals surface area contributed by atoms with Crippen molar-refractivity contribution in [1.82, 2.24) is 9.88 Å². The van der Waals surface area contributed by atoms with E-state index in [4.69, 9.17) is 4.74 Å². The number of ether oxygens (including phenoxy) is 1. The van der Waals surface area contributed by atoms with Crippen LogP contribution >= 0.6 is 0 Å². The van der Waals surface area contributed by atoms with Gasteiger partial charge in [0, 0.05) is 32.1 Å². The van der Waals surface area contributed by atoms with Crippen molar-refractivity contribution in [1.29, 1.82) is 0 Å². The molecule has 1 saturated carbocycles. The molecule has 0 spiro atoms. The van der Waals surface area contributed by atoms with E-state index in [1.54, 1.807) is 7.11 Å². The molecule has 136 valence electrons. The molecule has 0 aliphatic heterocycles. The molecule has 25 heavy (non-hydrogen) atoms. The molecule has 0 atom stereocenters. The van der Waals surface area contributed by atoms with Gasteiger partial charge in [-0.1, -0.05) is 25.3 Å². The first-order chi connectivity index (χ1) is 12.1. The van der Waals surface area contributed by atoms with Crippen LogP contribution in [-0.4, -0.2) is 41.6 Å². The van der Waals surface area contributed by atoms with Crippen LogP contribution in [0.1, 0.15) is 32.1 Å². The van der Waals surface area contributed by atoms with Crippen molar-refractivity contribution in [2.75, 3.05) is 25.6 Å². The second-order valence-electron chi connectivity index (χ2n) is 6.87. The lowest BCUT2D eigenvalue weighted by Gasteiger charge is -2.32. The molecule has 1 heterocycles. The van der Waals surface area contributed by atoms with E-state index in [2.05, 4.69) is 15.2 Å². The Morgan fingerprint density at radius 2 is 2.08 bits per heavy atom. The smallest absolute Gasteiger partial charge is 0.319 e. The zero-order valence-electron chi connectivity index (χ0n) is 14.8. The minimum atomic E-state index is -0.756. The van der Waals surface area contributed by atoms with Gasteiger partial charge in [0.1, 0.15) is 0 Å². The highest BCUT2D eigenvalue weighted by Gasteiger charge is 2.29. The number of fused-ring (bicyclic) bond motifs is 1. The summed E-state index contributed by atoms with van der Waals surface area (Å²) in [5, 5.41) is 17.2. The van der Waals surface area contributed by atoms with Crippen LogP contribution in [0, 0.1) is 0 Å². The van der Waals surface area contributed by atoms with Gasteiger partial charge in [0.05, 0.1) is 17.7 Å². The first-order valence-electron chi connectivity index (χ1n) is 8.95. The number of hydrogen-bond acceptors (Lipinski definition) is 3. The maximum atomic E-state index is 12.2. The Labute approximate surface area is 148 Å². The molecule has 6 heteroatoms. The van der Waals surface area contributed by atoms with Crippen molar-refractivity contribution in [3.8, 4) is 0 Å². The summed E-state index contributed by atoms with van der Waals surface area (Å²) in [6.07, 6.45) is 6.74. The molecule has 0 saturated heterocycles. The van der Waals surface area contributed by atoms with Crippen molar-refractivity contribution in [2.24, 2.45) is 0 Å². The summed E-state index contributed by atoms with van der Waals surface area (Å²) in [6, 6.07) is 7.60. The lowest BCUT2D eigenvalue weighted by Crippen LogP contribution is -2.45. The second-order valence-corrected chi connectivity index (χ2v) is 6.87. The minimum Gasteiger partial charge on any atom is -0.388 e. The molecule has 1 aliphatic rings. The molecule has 3 rings (SSSR count). The normalized spacial score (nSPS) is 16.7. The van der Waals surface area contributed by atoms with E-state index in [1.807, 2.05) is 30.5 Å². The van der Waals surface area contributed by atoms with Crippen molar-refractivity contribution >= 4 is 22.6 Å². The fourth-order valence-electron chi connectivity index (χ4n) is 3.45. The van der Waals surface area contributed by atoms with Gasteiger partial charge in [-0.3, -0.25) is 0 Å². The highest BCUT2D eigenvalue weighted by Crippen LogP contribution is 2.27. The van der Waals surface area contributed by atoms with Gasteiger partial charge in [-0.25, -0.2) is 4.79 Å².